The quantitative estimate of drug-likeness (QED) is 0.127. The minimum atomic E-state index is -0.753. The Kier molecular flexibility index (Phi) is 7.67. The lowest BCUT2D eigenvalue weighted by Gasteiger charge is -2.59. The maximum Gasteiger partial charge on any atom is 0.514 e. The molecule has 7 heteroatoms. The summed E-state index contributed by atoms with van der Waals surface area (Å²) in [5, 5.41) is 3.82. The van der Waals surface area contributed by atoms with E-state index in [9.17, 15) is 9.59 Å². The van der Waals surface area contributed by atoms with Crippen LogP contribution in [0.1, 0.15) is 82.1 Å². The van der Waals surface area contributed by atoms with Gasteiger partial charge in [0.15, 0.2) is 6.61 Å². The Morgan fingerprint density at radius 1 is 0.638 bits per heavy atom. The number of ether oxygens (including phenoxy) is 5. The average molecular weight is 771 g/mol. The van der Waals surface area contributed by atoms with Crippen LogP contribution in [-0.2, 0) is 19.7 Å². The third-order valence-electron chi connectivity index (χ3n) is 13.8. The number of fused-ring (bicyclic) bond motifs is 11. The van der Waals surface area contributed by atoms with Crippen molar-refractivity contribution in [1.29, 1.82) is 0 Å². The third-order valence-corrected chi connectivity index (χ3v) is 13.8. The monoisotopic (exact) mass is 770 g/mol. The van der Waals surface area contributed by atoms with Gasteiger partial charge in [-0.3, -0.25) is 0 Å². The zero-order valence-electron chi connectivity index (χ0n) is 33.3. The predicted octanol–water partition coefficient (Wildman–Crippen LogP) is 11.9. The van der Waals surface area contributed by atoms with Crippen LogP contribution >= 0.6 is 0 Å². The van der Waals surface area contributed by atoms with E-state index in [1.807, 2.05) is 51.1 Å². The molecule has 0 unspecified atom stereocenters. The van der Waals surface area contributed by atoms with Gasteiger partial charge in [-0.25, -0.2) is 9.59 Å². The average Bonchev–Trinajstić information content (AvgIpc) is 3.48. The van der Waals surface area contributed by atoms with Crippen molar-refractivity contribution >= 4 is 33.7 Å². The predicted molar refractivity (Wildman–Crippen MR) is 223 cm³/mol. The maximum atomic E-state index is 13.4. The molecule has 0 saturated heterocycles. The first-order valence-corrected chi connectivity index (χ1v) is 20.7. The summed E-state index contributed by atoms with van der Waals surface area (Å²) < 4.78 is 30.4. The van der Waals surface area contributed by atoms with Crippen LogP contribution in [0.2, 0.25) is 0 Å². The van der Waals surface area contributed by atoms with Crippen molar-refractivity contribution in [3.05, 3.63) is 131 Å². The highest BCUT2D eigenvalue weighted by Crippen LogP contribution is 2.63. The highest BCUT2D eigenvalue weighted by atomic mass is 16.7. The molecular weight excluding hydrogens is 725 g/mol. The fourth-order valence-electron chi connectivity index (χ4n) is 11.6. The lowest BCUT2D eigenvalue weighted by atomic mass is 9.50. The first kappa shape index (κ1) is 35.4. The van der Waals surface area contributed by atoms with Gasteiger partial charge >= 0.3 is 12.1 Å². The molecular formula is C51H46O7. The maximum absolute atomic E-state index is 13.4. The minimum absolute atomic E-state index is 0.133. The molecule has 4 saturated carbocycles. The molecule has 4 bridgehead atoms. The normalized spacial score (nSPS) is 24.1. The molecule has 58 heavy (non-hydrogen) atoms. The van der Waals surface area contributed by atoms with Crippen LogP contribution in [0.4, 0.5) is 4.79 Å². The van der Waals surface area contributed by atoms with Gasteiger partial charge in [-0.2, -0.15) is 0 Å². The second kappa shape index (κ2) is 12.6. The van der Waals surface area contributed by atoms with Gasteiger partial charge in [0.2, 0.25) is 0 Å². The number of hydrogen-bond acceptors (Lipinski definition) is 7. The topological polar surface area (TPSA) is 80.3 Å². The van der Waals surface area contributed by atoms with E-state index in [1.54, 1.807) is 6.07 Å². The molecule has 4 fully saturated rings. The number of hydrogen-bond donors (Lipinski definition) is 0. The standard InChI is InChI=1S/C51H46O7/c1-49(2,3)58-48(53)55-38-16-14-32-25-44-46(27-34(32)23-38)56-45-26-33-22-37(54-28-47(52)57-50(4)35-18-29-17-30(20-35)21-36(50)19-29)15-13-31(33)24-43(45)51(44)41-11-7-5-9-39(41)40-10-6-8-12-42(40)51/h5-16,22-27,29-30,35-36H,17-21,28H2,1-4H3. The summed E-state index contributed by atoms with van der Waals surface area (Å²) in [7, 11) is 0. The largest absolute Gasteiger partial charge is 0.514 e. The minimum Gasteiger partial charge on any atom is -0.482 e. The van der Waals surface area contributed by atoms with Crippen molar-refractivity contribution < 1.29 is 33.3 Å². The van der Waals surface area contributed by atoms with Crippen LogP contribution in [0.3, 0.4) is 0 Å². The molecule has 5 aliphatic carbocycles. The third kappa shape index (κ3) is 5.45. The van der Waals surface area contributed by atoms with E-state index in [-0.39, 0.29) is 12.6 Å². The highest BCUT2D eigenvalue weighted by Gasteiger charge is 2.57. The molecule has 1 aliphatic heterocycles. The second-order valence-electron chi connectivity index (χ2n) is 18.5. The lowest BCUT2D eigenvalue weighted by Crippen LogP contribution is -2.58. The zero-order chi connectivity index (χ0) is 39.6. The zero-order valence-corrected chi connectivity index (χ0v) is 33.3. The fraction of sp³-hybridized carbons (Fsp3) is 0.333. The molecule has 1 spiro atoms. The van der Waals surface area contributed by atoms with E-state index in [1.165, 1.54) is 54.4 Å². The van der Waals surface area contributed by atoms with Crippen LogP contribution in [0, 0.1) is 23.7 Å². The molecule has 292 valence electrons. The van der Waals surface area contributed by atoms with Crippen LogP contribution in [0.15, 0.2) is 109 Å². The molecule has 6 aromatic carbocycles. The molecule has 6 aromatic rings. The van der Waals surface area contributed by atoms with Crippen LogP contribution < -0.4 is 14.2 Å². The molecule has 0 atom stereocenters. The summed E-state index contributed by atoms with van der Waals surface area (Å²) >= 11 is 0. The number of esters is 1. The van der Waals surface area contributed by atoms with Crippen molar-refractivity contribution in [2.75, 3.05) is 6.61 Å². The van der Waals surface area contributed by atoms with E-state index in [4.69, 9.17) is 23.7 Å². The van der Waals surface area contributed by atoms with E-state index < -0.39 is 22.8 Å². The van der Waals surface area contributed by atoms with E-state index in [0.29, 0.717) is 29.1 Å². The first-order chi connectivity index (χ1) is 27.9. The van der Waals surface area contributed by atoms with Crippen LogP contribution in [0.25, 0.3) is 32.7 Å². The van der Waals surface area contributed by atoms with Gasteiger partial charge in [-0.05, 0) is 176 Å². The van der Waals surface area contributed by atoms with Gasteiger partial charge in [-0.15, -0.1) is 0 Å². The Morgan fingerprint density at radius 2 is 1.17 bits per heavy atom. The Labute approximate surface area is 338 Å². The summed E-state index contributed by atoms with van der Waals surface area (Å²) in [6, 6.07) is 37.5. The van der Waals surface area contributed by atoms with E-state index in [0.717, 1.165) is 50.3 Å². The van der Waals surface area contributed by atoms with E-state index >= 15 is 0 Å². The van der Waals surface area contributed by atoms with Gasteiger partial charge in [0, 0.05) is 11.1 Å². The number of rotatable bonds is 5. The molecule has 0 amide bonds. The molecule has 6 aliphatic rings. The first-order valence-electron chi connectivity index (χ1n) is 20.7. The van der Waals surface area contributed by atoms with E-state index in [2.05, 4.69) is 79.7 Å². The fourth-order valence-corrected chi connectivity index (χ4v) is 11.6. The Bertz CT molecular complexity index is 2630. The summed E-state index contributed by atoms with van der Waals surface area (Å²) in [6.07, 6.45) is 5.32. The van der Waals surface area contributed by atoms with Gasteiger partial charge in [0.25, 0.3) is 0 Å². The molecule has 0 N–H and O–H groups in total. The summed E-state index contributed by atoms with van der Waals surface area (Å²) in [5.41, 5.74) is 5.12. The second-order valence-corrected chi connectivity index (χ2v) is 18.5. The molecule has 7 nitrogen and oxygen atoms in total. The van der Waals surface area contributed by atoms with Crippen LogP contribution in [0.5, 0.6) is 23.0 Å². The molecule has 1 heterocycles. The summed E-state index contributed by atoms with van der Waals surface area (Å²) in [4.78, 5) is 25.9. The highest BCUT2D eigenvalue weighted by molar-refractivity contribution is 5.96. The Hall–Kier alpha value is -5.82. The Morgan fingerprint density at radius 3 is 1.74 bits per heavy atom. The molecule has 0 aromatic heterocycles. The van der Waals surface area contributed by atoms with Crippen molar-refractivity contribution in [2.24, 2.45) is 23.7 Å². The summed E-state index contributed by atoms with van der Waals surface area (Å²) in [6.45, 7) is 7.46. The van der Waals surface area contributed by atoms with Gasteiger partial charge < -0.3 is 23.7 Å². The van der Waals surface area contributed by atoms with Gasteiger partial charge in [-0.1, -0.05) is 60.7 Å². The van der Waals surface area contributed by atoms with Gasteiger partial charge in [0.05, 0.1) is 5.41 Å². The van der Waals surface area contributed by atoms with Crippen molar-refractivity contribution in [2.45, 2.75) is 76.4 Å². The Balaban J connectivity index is 0.965. The smallest absolute Gasteiger partial charge is 0.482 e. The van der Waals surface area contributed by atoms with Crippen molar-refractivity contribution in [3.63, 3.8) is 0 Å². The van der Waals surface area contributed by atoms with Gasteiger partial charge in [0.1, 0.15) is 34.2 Å². The number of benzene rings is 6. The van der Waals surface area contributed by atoms with Crippen molar-refractivity contribution in [3.8, 4) is 34.1 Å². The molecule has 0 radical (unpaired) electrons. The number of carbonyl (C=O) groups excluding carboxylic acids is 2. The molecule has 12 rings (SSSR count). The lowest BCUT2D eigenvalue weighted by molar-refractivity contribution is -0.204. The van der Waals surface area contributed by atoms with Crippen LogP contribution in [-0.4, -0.2) is 29.9 Å². The van der Waals surface area contributed by atoms with Crippen molar-refractivity contribution in [1.82, 2.24) is 0 Å². The summed E-state index contributed by atoms with van der Waals surface area (Å²) in [5.74, 6) is 4.66. The number of carbonyl (C=O) groups is 2. The SMILES string of the molecule is CC(C)(C)OC(=O)Oc1ccc2cc3c(cc2c1)Oc1cc2cc(OCC(=O)OC4(C)C5CC6CC(C5)CC4C6)ccc2cc1C31c2ccccc2-c2ccccc21.